The van der Waals surface area contributed by atoms with Crippen molar-refractivity contribution in [3.8, 4) is 11.5 Å². The SMILES string of the molecule is O=C(Nc1ccc2c(c1)OCO2)C1CCN(C(=O)c2cccnc2)CC1. The first-order chi connectivity index (χ1) is 12.7. The van der Waals surface area contributed by atoms with Crippen molar-refractivity contribution < 1.29 is 19.1 Å². The Labute approximate surface area is 150 Å². The molecule has 0 radical (unpaired) electrons. The van der Waals surface area contributed by atoms with E-state index in [1.165, 1.54) is 0 Å². The zero-order chi connectivity index (χ0) is 17.9. The van der Waals surface area contributed by atoms with Gasteiger partial charge in [-0.25, -0.2) is 0 Å². The van der Waals surface area contributed by atoms with Gasteiger partial charge in [-0.1, -0.05) is 0 Å². The van der Waals surface area contributed by atoms with E-state index < -0.39 is 0 Å². The van der Waals surface area contributed by atoms with Gasteiger partial charge in [0.2, 0.25) is 12.7 Å². The minimum absolute atomic E-state index is 0.0302. The van der Waals surface area contributed by atoms with Gasteiger partial charge in [0.1, 0.15) is 0 Å². The van der Waals surface area contributed by atoms with Gasteiger partial charge < -0.3 is 19.7 Å². The molecule has 0 spiro atoms. The van der Waals surface area contributed by atoms with Crippen molar-refractivity contribution in [1.29, 1.82) is 0 Å². The molecule has 2 aliphatic heterocycles. The summed E-state index contributed by atoms with van der Waals surface area (Å²) in [5.74, 6) is 1.15. The van der Waals surface area contributed by atoms with Crippen LogP contribution in [0.2, 0.25) is 0 Å². The smallest absolute Gasteiger partial charge is 0.255 e. The summed E-state index contributed by atoms with van der Waals surface area (Å²) in [6.07, 6.45) is 4.50. The number of hydrogen-bond donors (Lipinski definition) is 1. The molecule has 7 nitrogen and oxygen atoms in total. The number of ether oxygens (including phenoxy) is 2. The minimum Gasteiger partial charge on any atom is -0.454 e. The van der Waals surface area contributed by atoms with E-state index in [4.69, 9.17) is 9.47 Å². The van der Waals surface area contributed by atoms with E-state index in [2.05, 4.69) is 10.3 Å². The third kappa shape index (κ3) is 3.33. The summed E-state index contributed by atoms with van der Waals surface area (Å²) in [6.45, 7) is 1.33. The van der Waals surface area contributed by atoms with Crippen molar-refractivity contribution in [3.63, 3.8) is 0 Å². The predicted molar refractivity (Wildman–Crippen MR) is 94.1 cm³/mol. The number of piperidine rings is 1. The van der Waals surface area contributed by atoms with E-state index in [0.29, 0.717) is 48.7 Å². The van der Waals surface area contributed by atoms with E-state index in [1.807, 2.05) is 0 Å². The zero-order valence-corrected chi connectivity index (χ0v) is 14.2. The number of carbonyl (C=O) groups excluding carboxylic acids is 2. The monoisotopic (exact) mass is 353 g/mol. The average Bonchev–Trinajstić information content (AvgIpc) is 3.16. The maximum atomic E-state index is 12.5. The molecule has 1 fully saturated rings. The Bertz CT molecular complexity index is 817. The highest BCUT2D eigenvalue weighted by atomic mass is 16.7. The average molecular weight is 353 g/mol. The topological polar surface area (TPSA) is 80.8 Å². The first kappa shape index (κ1) is 16.4. The lowest BCUT2D eigenvalue weighted by atomic mass is 9.95. The van der Waals surface area contributed by atoms with Gasteiger partial charge in [0, 0.05) is 43.2 Å². The summed E-state index contributed by atoms with van der Waals surface area (Å²) in [5.41, 5.74) is 1.27. The van der Waals surface area contributed by atoms with Crippen molar-refractivity contribution in [2.45, 2.75) is 12.8 Å². The Morgan fingerprint density at radius 2 is 1.92 bits per heavy atom. The van der Waals surface area contributed by atoms with Gasteiger partial charge in [0.15, 0.2) is 11.5 Å². The molecule has 2 aliphatic rings. The van der Waals surface area contributed by atoms with Crippen LogP contribution >= 0.6 is 0 Å². The second kappa shape index (κ2) is 7.03. The van der Waals surface area contributed by atoms with Gasteiger partial charge >= 0.3 is 0 Å². The van der Waals surface area contributed by atoms with E-state index >= 15 is 0 Å². The number of amides is 2. The van der Waals surface area contributed by atoms with Crippen molar-refractivity contribution in [2.24, 2.45) is 5.92 Å². The second-order valence-electron chi connectivity index (χ2n) is 6.37. The van der Waals surface area contributed by atoms with E-state index in [1.54, 1.807) is 47.6 Å². The van der Waals surface area contributed by atoms with Crippen LogP contribution in [0.5, 0.6) is 11.5 Å². The third-order valence-electron chi connectivity index (χ3n) is 4.70. The Kier molecular flexibility index (Phi) is 4.43. The largest absolute Gasteiger partial charge is 0.454 e. The number of carbonyl (C=O) groups is 2. The summed E-state index contributed by atoms with van der Waals surface area (Å²) in [6, 6.07) is 8.85. The number of benzene rings is 1. The highest BCUT2D eigenvalue weighted by Crippen LogP contribution is 2.34. The molecule has 1 aromatic heterocycles. The van der Waals surface area contributed by atoms with Gasteiger partial charge in [-0.05, 0) is 37.1 Å². The molecule has 0 aliphatic carbocycles. The third-order valence-corrected chi connectivity index (χ3v) is 4.70. The molecule has 0 unspecified atom stereocenters. The molecule has 1 aromatic carbocycles. The maximum Gasteiger partial charge on any atom is 0.255 e. The number of rotatable bonds is 3. The highest BCUT2D eigenvalue weighted by molar-refractivity contribution is 5.95. The summed E-state index contributed by atoms with van der Waals surface area (Å²) < 4.78 is 10.6. The number of anilines is 1. The van der Waals surface area contributed by atoms with Crippen LogP contribution < -0.4 is 14.8 Å². The van der Waals surface area contributed by atoms with Crippen LogP contribution in [0.15, 0.2) is 42.7 Å². The van der Waals surface area contributed by atoms with Crippen molar-refractivity contribution in [2.75, 3.05) is 25.2 Å². The number of nitrogens with zero attached hydrogens (tertiary/aromatic N) is 2. The van der Waals surface area contributed by atoms with Gasteiger partial charge in [-0.3, -0.25) is 14.6 Å². The van der Waals surface area contributed by atoms with E-state index in [-0.39, 0.29) is 24.5 Å². The second-order valence-corrected chi connectivity index (χ2v) is 6.37. The lowest BCUT2D eigenvalue weighted by Gasteiger charge is -2.31. The number of likely N-dealkylation sites (tertiary alicyclic amines) is 1. The molecule has 0 saturated carbocycles. The summed E-state index contributed by atoms with van der Waals surface area (Å²) >= 11 is 0. The molecule has 7 heteroatoms. The summed E-state index contributed by atoms with van der Waals surface area (Å²) in [4.78, 5) is 30.7. The first-order valence-corrected chi connectivity index (χ1v) is 8.60. The molecule has 2 aromatic rings. The quantitative estimate of drug-likeness (QED) is 0.916. The van der Waals surface area contributed by atoms with Crippen LogP contribution in [0.25, 0.3) is 0 Å². The van der Waals surface area contributed by atoms with Gasteiger partial charge in [-0.15, -0.1) is 0 Å². The maximum absolute atomic E-state index is 12.5. The van der Waals surface area contributed by atoms with Crippen molar-refractivity contribution in [1.82, 2.24) is 9.88 Å². The normalized spacial score (nSPS) is 16.4. The van der Waals surface area contributed by atoms with Crippen LogP contribution in [-0.2, 0) is 4.79 Å². The predicted octanol–water partition coefficient (Wildman–Crippen LogP) is 2.30. The fourth-order valence-electron chi connectivity index (χ4n) is 3.24. The Hall–Kier alpha value is -3.09. The van der Waals surface area contributed by atoms with E-state index in [0.717, 1.165) is 0 Å². The molecule has 4 rings (SSSR count). The van der Waals surface area contributed by atoms with Crippen molar-refractivity contribution >= 4 is 17.5 Å². The summed E-state index contributed by atoms with van der Waals surface area (Å²) in [7, 11) is 0. The van der Waals surface area contributed by atoms with Crippen LogP contribution in [0.3, 0.4) is 0 Å². The lowest BCUT2D eigenvalue weighted by molar-refractivity contribution is -0.121. The van der Waals surface area contributed by atoms with Crippen molar-refractivity contribution in [3.05, 3.63) is 48.3 Å². The molecular formula is C19H19N3O4. The Morgan fingerprint density at radius 3 is 2.69 bits per heavy atom. The Morgan fingerprint density at radius 1 is 1.12 bits per heavy atom. The van der Waals surface area contributed by atoms with Crippen LogP contribution in [-0.4, -0.2) is 41.6 Å². The molecule has 134 valence electrons. The van der Waals surface area contributed by atoms with Gasteiger partial charge in [0.05, 0.1) is 5.56 Å². The number of aromatic nitrogens is 1. The molecule has 1 saturated heterocycles. The molecule has 0 bridgehead atoms. The lowest BCUT2D eigenvalue weighted by Crippen LogP contribution is -2.41. The van der Waals surface area contributed by atoms with E-state index in [9.17, 15) is 9.59 Å². The van der Waals surface area contributed by atoms with Gasteiger partial charge in [-0.2, -0.15) is 0 Å². The number of pyridine rings is 1. The van der Waals surface area contributed by atoms with Gasteiger partial charge in [0.25, 0.3) is 5.91 Å². The molecule has 26 heavy (non-hydrogen) atoms. The molecular weight excluding hydrogens is 334 g/mol. The fraction of sp³-hybridized carbons (Fsp3) is 0.316. The fourth-order valence-corrected chi connectivity index (χ4v) is 3.24. The summed E-state index contributed by atoms with van der Waals surface area (Å²) in [5, 5.41) is 2.93. The molecule has 3 heterocycles. The number of nitrogens with one attached hydrogen (secondary N) is 1. The molecule has 0 atom stereocenters. The van der Waals surface area contributed by atoms with Crippen LogP contribution in [0.4, 0.5) is 5.69 Å². The zero-order valence-electron chi connectivity index (χ0n) is 14.2. The minimum atomic E-state index is -0.113. The van der Waals surface area contributed by atoms with Crippen LogP contribution in [0.1, 0.15) is 23.2 Å². The van der Waals surface area contributed by atoms with Crippen LogP contribution in [0, 0.1) is 5.92 Å². The Balaban J connectivity index is 1.33. The number of fused-ring (bicyclic) bond motifs is 1. The highest BCUT2D eigenvalue weighted by Gasteiger charge is 2.28. The molecule has 2 amide bonds. The standard InChI is InChI=1S/C19H19N3O4/c23-18(21-15-3-4-16-17(10-15)26-12-25-16)13-5-8-22(9-6-13)19(24)14-2-1-7-20-11-14/h1-4,7,10-11,13H,5-6,8-9,12H2,(H,21,23). The first-order valence-electron chi connectivity index (χ1n) is 8.60. The molecule has 1 N–H and O–H groups in total. The number of hydrogen-bond acceptors (Lipinski definition) is 5.